The monoisotopic (exact) mass is 322 g/mol. The molecule has 0 saturated heterocycles. The minimum Gasteiger partial charge on any atom is -0.453 e. The molecule has 0 aliphatic heterocycles. The van der Waals surface area contributed by atoms with E-state index in [0.717, 1.165) is 5.56 Å². The summed E-state index contributed by atoms with van der Waals surface area (Å²) < 4.78 is 9.90. The van der Waals surface area contributed by atoms with E-state index in [-0.39, 0.29) is 12.0 Å². The lowest BCUT2D eigenvalue weighted by molar-refractivity contribution is 0.0487. The summed E-state index contributed by atoms with van der Waals surface area (Å²) in [5.41, 5.74) is 0.372. The second kappa shape index (κ2) is 8.41. The Labute approximate surface area is 137 Å². The summed E-state index contributed by atoms with van der Waals surface area (Å²) in [5, 5.41) is 5.53. The lowest BCUT2D eigenvalue weighted by Crippen LogP contribution is -2.40. The quantitative estimate of drug-likeness (QED) is 0.872. The molecule has 0 aromatic heterocycles. The van der Waals surface area contributed by atoms with Crippen LogP contribution in [0.5, 0.6) is 0 Å². The van der Waals surface area contributed by atoms with Gasteiger partial charge in [0.15, 0.2) is 0 Å². The van der Waals surface area contributed by atoms with Crippen LogP contribution in [0.2, 0.25) is 0 Å². The van der Waals surface area contributed by atoms with Crippen molar-refractivity contribution in [2.24, 2.45) is 5.92 Å². The van der Waals surface area contributed by atoms with Crippen molar-refractivity contribution in [3.05, 3.63) is 35.9 Å². The Bertz CT molecular complexity index is 511. The van der Waals surface area contributed by atoms with Gasteiger partial charge in [-0.2, -0.15) is 0 Å². The van der Waals surface area contributed by atoms with Gasteiger partial charge in [0.1, 0.15) is 5.60 Å². The molecular formula is C17H26N2O4. The molecule has 2 amide bonds. The van der Waals surface area contributed by atoms with Crippen LogP contribution in [0.4, 0.5) is 9.59 Å². The number of ether oxygens (including phenoxy) is 2. The van der Waals surface area contributed by atoms with E-state index < -0.39 is 17.8 Å². The Balaban J connectivity index is 2.81. The zero-order chi connectivity index (χ0) is 17.5. The molecule has 0 bridgehead atoms. The number of rotatable bonds is 5. The van der Waals surface area contributed by atoms with Crippen LogP contribution in [0.15, 0.2) is 30.3 Å². The fraction of sp³-hybridized carbons (Fsp3) is 0.529. The molecule has 0 spiro atoms. The second-order valence-corrected chi connectivity index (χ2v) is 6.38. The molecule has 0 aliphatic carbocycles. The Morgan fingerprint density at radius 3 is 2.26 bits per heavy atom. The standard InChI is InChI=1S/C17H26N2O4/c1-12(11-18-15(20)22-5)14(13-9-7-6-8-10-13)19-16(21)23-17(2,3)4/h6-10,12,14H,11H2,1-5H3,(H,18,20)(H,19,21)/t12-,14-/m0/s1. The largest absolute Gasteiger partial charge is 0.453 e. The van der Waals surface area contributed by atoms with Crippen LogP contribution in [0.25, 0.3) is 0 Å². The third-order valence-electron chi connectivity index (χ3n) is 3.15. The fourth-order valence-electron chi connectivity index (χ4n) is 2.08. The number of carbonyl (C=O) groups excluding carboxylic acids is 2. The van der Waals surface area contributed by atoms with Gasteiger partial charge in [-0.1, -0.05) is 37.3 Å². The van der Waals surface area contributed by atoms with E-state index >= 15 is 0 Å². The number of alkyl carbamates (subject to hydrolysis) is 2. The summed E-state index contributed by atoms with van der Waals surface area (Å²) >= 11 is 0. The van der Waals surface area contributed by atoms with Crippen LogP contribution in [-0.4, -0.2) is 31.4 Å². The van der Waals surface area contributed by atoms with Crippen LogP contribution < -0.4 is 10.6 Å². The minimum absolute atomic E-state index is 0.0518. The molecule has 23 heavy (non-hydrogen) atoms. The summed E-state index contributed by atoms with van der Waals surface area (Å²) in [6, 6.07) is 9.28. The summed E-state index contributed by atoms with van der Waals surface area (Å²) in [5.74, 6) is -0.0518. The first-order valence-corrected chi connectivity index (χ1v) is 7.59. The van der Waals surface area contributed by atoms with Gasteiger partial charge in [-0.3, -0.25) is 0 Å². The molecule has 6 nitrogen and oxygen atoms in total. The molecule has 6 heteroatoms. The number of hydrogen-bond donors (Lipinski definition) is 2. The SMILES string of the molecule is COC(=O)NC[C@H](C)[C@H](NC(=O)OC(C)(C)C)c1ccccc1. The van der Waals surface area contributed by atoms with Crippen molar-refractivity contribution in [2.45, 2.75) is 39.3 Å². The van der Waals surface area contributed by atoms with Gasteiger partial charge in [0.05, 0.1) is 13.2 Å². The predicted molar refractivity (Wildman–Crippen MR) is 88.1 cm³/mol. The highest BCUT2D eigenvalue weighted by molar-refractivity contribution is 5.68. The molecule has 128 valence electrons. The van der Waals surface area contributed by atoms with E-state index in [9.17, 15) is 9.59 Å². The molecule has 0 fully saturated rings. The topological polar surface area (TPSA) is 76.7 Å². The Morgan fingerprint density at radius 1 is 1.13 bits per heavy atom. The average molecular weight is 322 g/mol. The van der Waals surface area contributed by atoms with Gasteiger partial charge in [-0.25, -0.2) is 9.59 Å². The van der Waals surface area contributed by atoms with E-state index in [1.807, 2.05) is 58.0 Å². The number of carbonyl (C=O) groups is 2. The Kier molecular flexibility index (Phi) is 6.88. The number of hydrogen-bond acceptors (Lipinski definition) is 4. The van der Waals surface area contributed by atoms with Gasteiger partial charge in [0.2, 0.25) is 0 Å². The number of nitrogens with one attached hydrogen (secondary N) is 2. The maximum absolute atomic E-state index is 12.1. The zero-order valence-electron chi connectivity index (χ0n) is 14.4. The van der Waals surface area contributed by atoms with Crippen molar-refractivity contribution in [3.8, 4) is 0 Å². The molecule has 2 N–H and O–H groups in total. The maximum Gasteiger partial charge on any atom is 0.408 e. The van der Waals surface area contributed by atoms with Crippen LogP contribution in [-0.2, 0) is 9.47 Å². The van der Waals surface area contributed by atoms with E-state index in [2.05, 4.69) is 15.4 Å². The van der Waals surface area contributed by atoms with Gasteiger partial charge in [0.25, 0.3) is 0 Å². The molecule has 1 aromatic carbocycles. The molecule has 0 heterocycles. The summed E-state index contributed by atoms with van der Waals surface area (Å²) in [6.07, 6.45) is -0.989. The Morgan fingerprint density at radius 2 is 1.74 bits per heavy atom. The van der Waals surface area contributed by atoms with Gasteiger partial charge in [-0.15, -0.1) is 0 Å². The molecule has 0 radical (unpaired) electrons. The first kappa shape index (κ1) is 18.8. The first-order chi connectivity index (χ1) is 10.7. The summed E-state index contributed by atoms with van der Waals surface area (Å²) in [7, 11) is 1.31. The highest BCUT2D eigenvalue weighted by Gasteiger charge is 2.25. The van der Waals surface area contributed by atoms with Crippen LogP contribution in [0, 0.1) is 5.92 Å². The van der Waals surface area contributed by atoms with Crippen molar-refractivity contribution in [2.75, 3.05) is 13.7 Å². The molecular weight excluding hydrogens is 296 g/mol. The molecule has 0 aliphatic rings. The molecule has 0 saturated carbocycles. The molecule has 0 unspecified atom stereocenters. The third kappa shape index (κ3) is 7.04. The van der Waals surface area contributed by atoms with Crippen molar-refractivity contribution < 1.29 is 19.1 Å². The van der Waals surface area contributed by atoms with Crippen LogP contribution in [0.3, 0.4) is 0 Å². The van der Waals surface area contributed by atoms with Gasteiger partial charge in [0, 0.05) is 6.54 Å². The van der Waals surface area contributed by atoms with Crippen molar-refractivity contribution in [1.29, 1.82) is 0 Å². The normalized spacial score (nSPS) is 13.6. The van der Waals surface area contributed by atoms with Gasteiger partial charge < -0.3 is 20.1 Å². The highest BCUT2D eigenvalue weighted by atomic mass is 16.6. The van der Waals surface area contributed by atoms with Gasteiger partial charge >= 0.3 is 12.2 Å². The van der Waals surface area contributed by atoms with Crippen LogP contribution in [0.1, 0.15) is 39.3 Å². The van der Waals surface area contributed by atoms with E-state index in [0.29, 0.717) is 6.54 Å². The smallest absolute Gasteiger partial charge is 0.408 e. The summed E-state index contributed by atoms with van der Waals surface area (Å²) in [4.78, 5) is 23.3. The third-order valence-corrected chi connectivity index (χ3v) is 3.15. The van der Waals surface area contributed by atoms with E-state index in [1.165, 1.54) is 7.11 Å². The molecule has 1 rings (SSSR count). The highest BCUT2D eigenvalue weighted by Crippen LogP contribution is 2.22. The predicted octanol–water partition coefficient (Wildman–Crippen LogP) is 3.24. The maximum atomic E-state index is 12.1. The fourth-order valence-corrected chi connectivity index (χ4v) is 2.08. The first-order valence-electron chi connectivity index (χ1n) is 7.59. The lowest BCUT2D eigenvalue weighted by atomic mass is 9.94. The van der Waals surface area contributed by atoms with Crippen molar-refractivity contribution in [1.82, 2.24) is 10.6 Å². The minimum atomic E-state index is -0.571. The average Bonchev–Trinajstić information content (AvgIpc) is 2.49. The van der Waals surface area contributed by atoms with Gasteiger partial charge in [-0.05, 0) is 32.3 Å². The summed E-state index contributed by atoms with van der Waals surface area (Å²) in [6.45, 7) is 7.73. The second-order valence-electron chi connectivity index (χ2n) is 6.38. The van der Waals surface area contributed by atoms with E-state index in [1.54, 1.807) is 0 Å². The molecule has 1 aromatic rings. The number of benzene rings is 1. The zero-order valence-corrected chi connectivity index (χ0v) is 14.4. The lowest BCUT2D eigenvalue weighted by Gasteiger charge is -2.28. The van der Waals surface area contributed by atoms with Crippen molar-refractivity contribution >= 4 is 12.2 Å². The number of amides is 2. The molecule has 2 atom stereocenters. The van der Waals surface area contributed by atoms with Crippen molar-refractivity contribution in [3.63, 3.8) is 0 Å². The van der Waals surface area contributed by atoms with E-state index in [4.69, 9.17) is 4.74 Å². The van der Waals surface area contributed by atoms with Crippen LogP contribution >= 0.6 is 0 Å². The number of methoxy groups -OCH3 is 1. The Hall–Kier alpha value is -2.24.